The quantitative estimate of drug-likeness (QED) is 0.599. The number of nitrogens with zero attached hydrogens (tertiary/aromatic N) is 3. The Morgan fingerprint density at radius 3 is 2.67 bits per heavy atom. The van der Waals surface area contributed by atoms with Gasteiger partial charge in [0.25, 0.3) is 11.5 Å². The van der Waals surface area contributed by atoms with Crippen LogP contribution in [0.4, 0.5) is 11.4 Å². The number of hydrogen-bond donors (Lipinski definition) is 3. The first kappa shape index (κ1) is 18.6. The molecule has 2 unspecified atom stereocenters. The molecule has 2 fully saturated rings. The number of piperidine rings is 1. The van der Waals surface area contributed by atoms with Gasteiger partial charge in [-0.25, -0.2) is 4.98 Å². The minimum Gasteiger partial charge on any atom is -0.380 e. The molecule has 2 aliphatic rings. The van der Waals surface area contributed by atoms with Crippen LogP contribution in [0.1, 0.15) is 23.0 Å². The Bertz CT molecular complexity index is 1160. The van der Waals surface area contributed by atoms with Gasteiger partial charge in [-0.05, 0) is 30.7 Å². The Hall–Kier alpha value is -3.42. The van der Waals surface area contributed by atoms with Crippen molar-refractivity contribution in [3.63, 3.8) is 0 Å². The number of carbonyl (C=O) groups is 1. The molecule has 3 aromatic rings. The lowest BCUT2D eigenvalue weighted by molar-refractivity contribution is 0.0958. The normalized spacial score (nSPS) is 22.1. The fraction of sp³-hybridized carbons (Fsp3) is 0.364. The molecule has 4 heterocycles. The summed E-state index contributed by atoms with van der Waals surface area (Å²) in [5.74, 6) is 0.966. The fourth-order valence-electron chi connectivity index (χ4n) is 4.44. The molecule has 0 radical (unpaired) electrons. The van der Waals surface area contributed by atoms with E-state index >= 15 is 0 Å². The molecule has 3 N–H and O–H groups in total. The first-order valence-electron chi connectivity index (χ1n) is 10.3. The monoisotopic (exact) mass is 404 g/mol. The Kier molecular flexibility index (Phi) is 4.42. The minimum atomic E-state index is -0.175. The van der Waals surface area contributed by atoms with Gasteiger partial charge >= 0.3 is 0 Å². The van der Waals surface area contributed by atoms with Gasteiger partial charge in [-0.15, -0.1) is 0 Å². The summed E-state index contributed by atoms with van der Waals surface area (Å²) >= 11 is 0. The molecule has 154 valence electrons. The molecular weight excluding hydrogens is 380 g/mol. The third kappa shape index (κ3) is 3.18. The van der Waals surface area contributed by atoms with Crippen molar-refractivity contribution in [2.45, 2.75) is 19.4 Å². The van der Waals surface area contributed by atoms with E-state index in [1.807, 2.05) is 31.3 Å². The summed E-state index contributed by atoms with van der Waals surface area (Å²) in [6, 6.07) is 7.97. The summed E-state index contributed by atoms with van der Waals surface area (Å²) in [6.07, 6.45) is 4.30. The second kappa shape index (κ2) is 7.12. The number of carbonyl (C=O) groups excluding carboxylic acids is 1. The van der Waals surface area contributed by atoms with Gasteiger partial charge in [0.1, 0.15) is 5.69 Å². The van der Waals surface area contributed by atoms with Crippen LogP contribution in [-0.4, -0.2) is 47.0 Å². The molecule has 3 aromatic heterocycles. The van der Waals surface area contributed by atoms with Gasteiger partial charge in [-0.2, -0.15) is 0 Å². The lowest BCUT2D eigenvalue weighted by atomic mass is 10.2. The smallest absolute Gasteiger partial charge is 0.269 e. The highest BCUT2D eigenvalue weighted by atomic mass is 16.1. The Morgan fingerprint density at radius 2 is 2.00 bits per heavy atom. The van der Waals surface area contributed by atoms with E-state index in [1.54, 1.807) is 19.3 Å². The number of aromatic nitrogens is 3. The molecule has 1 aliphatic heterocycles. The molecule has 0 aromatic carbocycles. The van der Waals surface area contributed by atoms with Crippen molar-refractivity contribution in [2.24, 2.45) is 11.8 Å². The van der Waals surface area contributed by atoms with Crippen LogP contribution in [0.15, 0.2) is 41.5 Å². The van der Waals surface area contributed by atoms with E-state index in [2.05, 4.69) is 30.5 Å². The van der Waals surface area contributed by atoms with Crippen molar-refractivity contribution in [1.29, 1.82) is 0 Å². The van der Waals surface area contributed by atoms with Gasteiger partial charge in [-0.1, -0.05) is 6.92 Å². The van der Waals surface area contributed by atoms with E-state index < -0.39 is 0 Å². The first-order valence-corrected chi connectivity index (χ1v) is 10.3. The number of rotatable bonds is 5. The molecule has 8 nitrogen and oxygen atoms in total. The Morgan fingerprint density at radius 1 is 1.20 bits per heavy atom. The van der Waals surface area contributed by atoms with Gasteiger partial charge < -0.3 is 20.5 Å². The van der Waals surface area contributed by atoms with Crippen LogP contribution in [0.3, 0.4) is 0 Å². The number of pyridine rings is 3. The molecule has 0 spiro atoms. The van der Waals surface area contributed by atoms with Crippen molar-refractivity contribution in [3.05, 3.63) is 58.3 Å². The summed E-state index contributed by atoms with van der Waals surface area (Å²) in [7, 11) is 1.60. The zero-order valence-corrected chi connectivity index (χ0v) is 17.0. The molecule has 5 rings (SSSR count). The number of aryl methyl sites for hydroxylation is 1. The highest BCUT2D eigenvalue weighted by molar-refractivity contribution is 5.92. The average Bonchev–Trinajstić information content (AvgIpc) is 3.20. The van der Waals surface area contributed by atoms with Gasteiger partial charge in [0.2, 0.25) is 0 Å². The maximum atomic E-state index is 12.1. The number of anilines is 2. The molecule has 2 atom stereocenters. The molecule has 30 heavy (non-hydrogen) atoms. The van der Waals surface area contributed by atoms with Crippen LogP contribution in [0.25, 0.3) is 11.0 Å². The molecular formula is C22H24N6O2. The summed E-state index contributed by atoms with van der Waals surface area (Å²) in [5, 5.41) is 6.17. The number of amides is 1. The third-order valence-electron chi connectivity index (χ3n) is 6.25. The highest BCUT2D eigenvalue weighted by Gasteiger charge is 2.56. The van der Waals surface area contributed by atoms with Crippen molar-refractivity contribution in [2.75, 3.05) is 30.4 Å². The van der Waals surface area contributed by atoms with Crippen molar-refractivity contribution in [3.8, 4) is 0 Å². The number of aromatic amines is 1. The van der Waals surface area contributed by atoms with Crippen LogP contribution in [0, 0.1) is 11.8 Å². The largest absolute Gasteiger partial charge is 0.380 e. The number of hydrogen-bond acceptors (Lipinski definition) is 6. The predicted molar refractivity (Wildman–Crippen MR) is 116 cm³/mol. The average molecular weight is 404 g/mol. The van der Waals surface area contributed by atoms with Crippen LogP contribution in [-0.2, 0) is 6.42 Å². The van der Waals surface area contributed by atoms with E-state index in [0.717, 1.165) is 41.1 Å². The zero-order chi connectivity index (χ0) is 20.8. The minimum absolute atomic E-state index is 0.0427. The van der Waals surface area contributed by atoms with E-state index in [-0.39, 0.29) is 11.5 Å². The predicted octanol–water partition coefficient (Wildman–Crippen LogP) is 1.79. The number of fused-ring (bicyclic) bond motifs is 2. The van der Waals surface area contributed by atoms with Gasteiger partial charge in [-0.3, -0.25) is 14.6 Å². The molecule has 0 bridgehead atoms. The summed E-state index contributed by atoms with van der Waals surface area (Å²) < 4.78 is 0. The molecule has 1 saturated carbocycles. The summed E-state index contributed by atoms with van der Waals surface area (Å²) in [4.78, 5) is 37.7. The van der Waals surface area contributed by atoms with Gasteiger partial charge in [0.05, 0.1) is 34.8 Å². The van der Waals surface area contributed by atoms with E-state index in [1.165, 1.54) is 0 Å². The number of nitrogens with one attached hydrogen (secondary N) is 3. The SMILES string of the molecule is CCc1cc2ncc(NC3C4CN(c5ccc(C(=O)NC)nc5)CC43)cc2[nH]c1=O. The highest BCUT2D eigenvalue weighted by Crippen LogP contribution is 2.48. The Balaban J connectivity index is 1.23. The second-order valence-corrected chi connectivity index (χ2v) is 8.02. The van der Waals surface area contributed by atoms with Crippen molar-refractivity contribution >= 4 is 28.3 Å². The second-order valence-electron chi connectivity index (χ2n) is 8.02. The maximum Gasteiger partial charge on any atom is 0.269 e. The molecule has 8 heteroatoms. The lowest BCUT2D eigenvalue weighted by Crippen LogP contribution is -2.28. The van der Waals surface area contributed by atoms with E-state index in [9.17, 15) is 9.59 Å². The van der Waals surface area contributed by atoms with Gasteiger partial charge in [0, 0.05) is 43.6 Å². The third-order valence-corrected chi connectivity index (χ3v) is 6.25. The topological polar surface area (TPSA) is 103 Å². The van der Waals surface area contributed by atoms with Crippen LogP contribution < -0.4 is 21.1 Å². The van der Waals surface area contributed by atoms with E-state index in [4.69, 9.17) is 0 Å². The lowest BCUT2D eigenvalue weighted by Gasteiger charge is -2.22. The molecule has 1 amide bonds. The fourth-order valence-corrected chi connectivity index (χ4v) is 4.44. The maximum absolute atomic E-state index is 12.1. The number of H-pyrrole nitrogens is 1. The Labute approximate surface area is 173 Å². The molecule has 1 aliphatic carbocycles. The van der Waals surface area contributed by atoms with Crippen LogP contribution in [0.5, 0.6) is 0 Å². The standard InChI is InChI=1S/C22H24N6O2/c1-3-12-6-18-19(27-21(12)29)7-13(8-24-18)26-20-15-10-28(11-16(15)20)14-4-5-17(25-9-14)22(30)23-2/h4-9,15-16,20,26H,3,10-11H2,1-2H3,(H,23,30)(H,27,29). The van der Waals surface area contributed by atoms with Crippen LogP contribution in [0.2, 0.25) is 0 Å². The first-order chi connectivity index (χ1) is 14.6. The van der Waals surface area contributed by atoms with Gasteiger partial charge in [0.15, 0.2) is 0 Å². The zero-order valence-electron chi connectivity index (χ0n) is 17.0. The molecule has 1 saturated heterocycles. The summed E-state index contributed by atoms with van der Waals surface area (Å²) in [6.45, 7) is 3.88. The van der Waals surface area contributed by atoms with Crippen molar-refractivity contribution < 1.29 is 4.79 Å². The van der Waals surface area contributed by atoms with Crippen LogP contribution >= 0.6 is 0 Å². The summed E-state index contributed by atoms with van der Waals surface area (Å²) in [5.41, 5.74) is 4.70. The van der Waals surface area contributed by atoms with Crippen molar-refractivity contribution in [1.82, 2.24) is 20.3 Å². The van der Waals surface area contributed by atoms with E-state index in [0.29, 0.717) is 30.0 Å².